The number of carboxylic acid groups (broad SMARTS) is 1. The topological polar surface area (TPSA) is 74.7 Å². The van der Waals surface area contributed by atoms with Gasteiger partial charge in [0.25, 0.3) is 0 Å². The molecule has 1 aliphatic carbocycles. The van der Waals surface area contributed by atoms with Crippen molar-refractivity contribution in [2.45, 2.75) is 39.0 Å². The fourth-order valence-electron chi connectivity index (χ4n) is 2.89. The average molecular weight is 253 g/mol. The van der Waals surface area contributed by atoms with Crippen LogP contribution < -0.4 is 0 Å². The van der Waals surface area contributed by atoms with E-state index in [2.05, 4.69) is 0 Å². The van der Waals surface area contributed by atoms with Crippen molar-refractivity contribution in [2.24, 2.45) is 17.8 Å². The molecule has 0 aromatic carbocycles. The van der Waals surface area contributed by atoms with Crippen molar-refractivity contribution in [1.82, 2.24) is 4.90 Å². The van der Waals surface area contributed by atoms with E-state index >= 15 is 0 Å². The van der Waals surface area contributed by atoms with E-state index in [1.807, 2.05) is 0 Å². The third kappa shape index (κ3) is 2.54. The normalized spacial score (nSPS) is 32.9. The van der Waals surface area contributed by atoms with Crippen molar-refractivity contribution >= 4 is 17.8 Å². The molecule has 0 spiro atoms. The van der Waals surface area contributed by atoms with Crippen LogP contribution in [0.4, 0.5) is 0 Å². The Balaban J connectivity index is 1.87. The zero-order valence-corrected chi connectivity index (χ0v) is 10.6. The first-order valence-electron chi connectivity index (χ1n) is 6.56. The first-order valence-corrected chi connectivity index (χ1v) is 6.56. The fourth-order valence-corrected chi connectivity index (χ4v) is 2.89. The summed E-state index contributed by atoms with van der Waals surface area (Å²) in [6.07, 6.45) is 3.23. The Labute approximate surface area is 106 Å². The van der Waals surface area contributed by atoms with Gasteiger partial charge in [0.1, 0.15) is 0 Å². The molecule has 1 saturated carbocycles. The van der Waals surface area contributed by atoms with Gasteiger partial charge in [-0.2, -0.15) is 0 Å². The van der Waals surface area contributed by atoms with Crippen LogP contribution in [-0.2, 0) is 14.4 Å². The molecule has 2 rings (SSSR count). The Morgan fingerprint density at radius 1 is 1.28 bits per heavy atom. The third-order valence-corrected chi connectivity index (χ3v) is 4.11. The number of carbonyl (C=O) groups excluding carboxylic acids is 2. The molecule has 5 heteroatoms. The summed E-state index contributed by atoms with van der Waals surface area (Å²) in [7, 11) is 0. The molecule has 100 valence electrons. The maximum atomic E-state index is 11.8. The third-order valence-electron chi connectivity index (χ3n) is 4.11. The predicted molar refractivity (Wildman–Crippen MR) is 63.6 cm³/mol. The minimum atomic E-state index is -0.726. The van der Waals surface area contributed by atoms with E-state index in [1.54, 1.807) is 6.92 Å². The SMILES string of the molecule is CC1CC(=O)N(CC2CCC(C(=O)O)CC2)C1=O. The quantitative estimate of drug-likeness (QED) is 0.769. The molecule has 0 radical (unpaired) electrons. The van der Waals surface area contributed by atoms with Crippen LogP contribution in [0.25, 0.3) is 0 Å². The summed E-state index contributed by atoms with van der Waals surface area (Å²) in [5.74, 6) is -1.03. The number of imide groups is 1. The predicted octanol–water partition coefficient (Wildman–Crippen LogP) is 1.27. The van der Waals surface area contributed by atoms with Crippen molar-refractivity contribution in [3.63, 3.8) is 0 Å². The van der Waals surface area contributed by atoms with Gasteiger partial charge in [-0.05, 0) is 31.6 Å². The summed E-state index contributed by atoms with van der Waals surface area (Å²) in [5, 5.41) is 8.91. The molecule has 0 aromatic heterocycles. The van der Waals surface area contributed by atoms with Crippen LogP contribution in [0.3, 0.4) is 0 Å². The molecule has 2 aliphatic rings. The number of likely N-dealkylation sites (tertiary alicyclic amines) is 1. The highest BCUT2D eigenvalue weighted by atomic mass is 16.4. The Morgan fingerprint density at radius 2 is 1.89 bits per heavy atom. The number of hydrogen-bond acceptors (Lipinski definition) is 3. The van der Waals surface area contributed by atoms with E-state index in [4.69, 9.17) is 5.11 Å². The van der Waals surface area contributed by atoms with E-state index < -0.39 is 5.97 Å². The number of hydrogen-bond donors (Lipinski definition) is 1. The lowest BCUT2D eigenvalue weighted by Crippen LogP contribution is -2.36. The van der Waals surface area contributed by atoms with Crippen LogP contribution in [0.2, 0.25) is 0 Å². The van der Waals surface area contributed by atoms with Gasteiger partial charge in [0, 0.05) is 18.9 Å². The average Bonchev–Trinajstić information content (AvgIpc) is 2.57. The second-order valence-corrected chi connectivity index (χ2v) is 5.50. The number of carbonyl (C=O) groups is 3. The summed E-state index contributed by atoms with van der Waals surface area (Å²) in [6.45, 7) is 2.26. The van der Waals surface area contributed by atoms with Gasteiger partial charge in [-0.3, -0.25) is 19.3 Å². The Bertz CT molecular complexity index is 371. The second-order valence-electron chi connectivity index (χ2n) is 5.50. The summed E-state index contributed by atoms with van der Waals surface area (Å²) in [6, 6.07) is 0. The molecule has 1 saturated heterocycles. The molecule has 1 unspecified atom stereocenters. The van der Waals surface area contributed by atoms with Crippen molar-refractivity contribution in [1.29, 1.82) is 0 Å². The minimum Gasteiger partial charge on any atom is -0.481 e. The monoisotopic (exact) mass is 253 g/mol. The lowest BCUT2D eigenvalue weighted by atomic mass is 9.82. The fraction of sp³-hybridized carbons (Fsp3) is 0.769. The van der Waals surface area contributed by atoms with E-state index in [0.29, 0.717) is 25.8 Å². The van der Waals surface area contributed by atoms with Gasteiger partial charge >= 0.3 is 5.97 Å². The highest BCUT2D eigenvalue weighted by Gasteiger charge is 2.37. The first kappa shape index (κ1) is 13.1. The van der Waals surface area contributed by atoms with Crippen LogP contribution in [0.15, 0.2) is 0 Å². The molecule has 0 aromatic rings. The van der Waals surface area contributed by atoms with Crippen LogP contribution in [0, 0.1) is 17.8 Å². The number of rotatable bonds is 3. The smallest absolute Gasteiger partial charge is 0.306 e. The molecule has 2 fully saturated rings. The molecule has 18 heavy (non-hydrogen) atoms. The molecule has 1 atom stereocenters. The maximum Gasteiger partial charge on any atom is 0.306 e. The molecule has 0 bridgehead atoms. The first-order chi connectivity index (χ1) is 8.49. The summed E-state index contributed by atoms with van der Waals surface area (Å²) in [4.78, 5) is 35.6. The Hall–Kier alpha value is -1.39. The summed E-state index contributed by atoms with van der Waals surface area (Å²) >= 11 is 0. The second kappa shape index (κ2) is 5.08. The van der Waals surface area contributed by atoms with Gasteiger partial charge in [-0.1, -0.05) is 6.92 Å². The zero-order chi connectivity index (χ0) is 13.3. The molecular weight excluding hydrogens is 234 g/mol. The Kier molecular flexibility index (Phi) is 3.68. The van der Waals surface area contributed by atoms with E-state index in [0.717, 1.165) is 12.8 Å². The van der Waals surface area contributed by atoms with Gasteiger partial charge in [0.05, 0.1) is 5.92 Å². The van der Waals surface area contributed by atoms with E-state index in [9.17, 15) is 14.4 Å². The van der Waals surface area contributed by atoms with E-state index in [1.165, 1.54) is 4.90 Å². The van der Waals surface area contributed by atoms with Crippen molar-refractivity contribution in [3.05, 3.63) is 0 Å². The van der Waals surface area contributed by atoms with Gasteiger partial charge in [0.2, 0.25) is 11.8 Å². The highest BCUT2D eigenvalue weighted by molar-refractivity contribution is 6.03. The molecule has 1 N–H and O–H groups in total. The van der Waals surface area contributed by atoms with Crippen molar-refractivity contribution in [2.75, 3.05) is 6.54 Å². The summed E-state index contributed by atoms with van der Waals surface area (Å²) < 4.78 is 0. The number of aliphatic carboxylic acids is 1. The van der Waals surface area contributed by atoms with Crippen molar-refractivity contribution < 1.29 is 19.5 Å². The molecule has 1 heterocycles. The number of nitrogens with zero attached hydrogens (tertiary/aromatic N) is 1. The molecule has 5 nitrogen and oxygen atoms in total. The lowest BCUT2D eigenvalue weighted by molar-refractivity contribution is -0.144. The molecule has 2 amide bonds. The van der Waals surface area contributed by atoms with Crippen LogP contribution in [-0.4, -0.2) is 34.3 Å². The van der Waals surface area contributed by atoms with Gasteiger partial charge in [0.15, 0.2) is 0 Å². The van der Waals surface area contributed by atoms with Crippen LogP contribution in [0.5, 0.6) is 0 Å². The van der Waals surface area contributed by atoms with E-state index in [-0.39, 0.29) is 29.6 Å². The standard InChI is InChI=1S/C13H19NO4/c1-8-6-11(15)14(12(8)16)7-9-2-4-10(5-3-9)13(17)18/h8-10H,2-7H2,1H3,(H,17,18). The van der Waals surface area contributed by atoms with Crippen molar-refractivity contribution in [3.8, 4) is 0 Å². The Morgan fingerprint density at radius 3 is 2.33 bits per heavy atom. The number of carboxylic acids is 1. The maximum absolute atomic E-state index is 11.8. The minimum absolute atomic E-state index is 0.0691. The number of amides is 2. The lowest BCUT2D eigenvalue weighted by Gasteiger charge is -2.28. The largest absolute Gasteiger partial charge is 0.481 e. The zero-order valence-electron chi connectivity index (χ0n) is 10.6. The van der Waals surface area contributed by atoms with Gasteiger partial charge in [-0.15, -0.1) is 0 Å². The van der Waals surface area contributed by atoms with Gasteiger partial charge < -0.3 is 5.11 Å². The molecular formula is C13H19NO4. The van der Waals surface area contributed by atoms with Gasteiger partial charge in [-0.25, -0.2) is 0 Å². The summed E-state index contributed by atoms with van der Waals surface area (Å²) in [5.41, 5.74) is 0. The molecule has 1 aliphatic heterocycles. The highest BCUT2D eigenvalue weighted by Crippen LogP contribution is 2.31. The van der Waals surface area contributed by atoms with Crippen LogP contribution in [0.1, 0.15) is 39.0 Å². The van der Waals surface area contributed by atoms with Crippen LogP contribution >= 0.6 is 0 Å².